The van der Waals surface area contributed by atoms with Gasteiger partial charge >= 0.3 is 6.09 Å². The molecule has 6 heteroatoms. The van der Waals surface area contributed by atoms with Crippen molar-refractivity contribution in [2.24, 2.45) is 0 Å². The molecule has 0 aliphatic carbocycles. The Hall–Kier alpha value is -2.60. The standard InChI is InChI=1S/C17H12BrNO4/c18-11-6-7-13-12(8-11)16(20)15(10-4-2-1-3-5-10)14(23-13)9-19-17(21)22/h1-8,19H,9H2,(H,21,22). The minimum Gasteiger partial charge on any atom is -0.465 e. The summed E-state index contributed by atoms with van der Waals surface area (Å²) in [5.74, 6) is 0.290. The minimum atomic E-state index is -1.18. The van der Waals surface area contributed by atoms with E-state index in [4.69, 9.17) is 9.52 Å². The largest absolute Gasteiger partial charge is 0.465 e. The van der Waals surface area contributed by atoms with Crippen LogP contribution in [-0.4, -0.2) is 11.2 Å². The number of benzene rings is 2. The first-order valence-corrected chi connectivity index (χ1v) is 7.63. The van der Waals surface area contributed by atoms with E-state index in [0.29, 0.717) is 27.9 Å². The molecule has 0 bridgehead atoms. The molecule has 0 aliphatic heterocycles. The number of hydrogen-bond donors (Lipinski definition) is 2. The van der Waals surface area contributed by atoms with E-state index in [9.17, 15) is 9.59 Å². The first-order chi connectivity index (χ1) is 11.1. The van der Waals surface area contributed by atoms with Crippen LogP contribution in [0, 0.1) is 0 Å². The quantitative estimate of drug-likeness (QED) is 0.727. The SMILES string of the molecule is O=C(O)NCc1oc2ccc(Br)cc2c(=O)c1-c1ccccc1. The third-order valence-electron chi connectivity index (χ3n) is 3.39. The third kappa shape index (κ3) is 3.12. The predicted octanol–water partition coefficient (Wildman–Crippen LogP) is 3.99. The van der Waals surface area contributed by atoms with Crippen LogP contribution in [0.1, 0.15) is 5.76 Å². The lowest BCUT2D eigenvalue weighted by molar-refractivity contribution is 0.193. The van der Waals surface area contributed by atoms with Crippen LogP contribution in [0.3, 0.4) is 0 Å². The Labute approximate surface area is 139 Å². The van der Waals surface area contributed by atoms with Gasteiger partial charge in [0, 0.05) is 4.47 Å². The Morgan fingerprint density at radius 1 is 1.17 bits per heavy atom. The van der Waals surface area contributed by atoms with Gasteiger partial charge in [0.1, 0.15) is 11.3 Å². The maximum atomic E-state index is 12.9. The number of carboxylic acid groups (broad SMARTS) is 1. The van der Waals surface area contributed by atoms with Gasteiger partial charge in [-0.15, -0.1) is 0 Å². The molecule has 2 aromatic carbocycles. The summed E-state index contributed by atoms with van der Waals surface area (Å²) in [6, 6.07) is 14.2. The second kappa shape index (κ2) is 6.26. The predicted molar refractivity (Wildman–Crippen MR) is 90.5 cm³/mol. The molecule has 0 spiro atoms. The molecule has 1 aromatic heterocycles. The maximum absolute atomic E-state index is 12.9. The van der Waals surface area contributed by atoms with Gasteiger partial charge in [0.25, 0.3) is 0 Å². The van der Waals surface area contributed by atoms with Crippen LogP contribution >= 0.6 is 15.9 Å². The molecule has 0 radical (unpaired) electrons. The zero-order chi connectivity index (χ0) is 16.4. The average molecular weight is 374 g/mol. The molecule has 0 fully saturated rings. The molecule has 0 aliphatic rings. The highest BCUT2D eigenvalue weighted by atomic mass is 79.9. The number of carbonyl (C=O) groups is 1. The molecule has 3 aromatic rings. The number of amides is 1. The lowest BCUT2D eigenvalue weighted by Crippen LogP contribution is -2.22. The van der Waals surface area contributed by atoms with E-state index in [1.807, 2.05) is 18.2 Å². The van der Waals surface area contributed by atoms with Crippen molar-refractivity contribution in [1.82, 2.24) is 5.32 Å². The second-order valence-electron chi connectivity index (χ2n) is 4.89. The highest BCUT2D eigenvalue weighted by Gasteiger charge is 2.16. The molecule has 1 heterocycles. The van der Waals surface area contributed by atoms with Gasteiger partial charge in [0.15, 0.2) is 0 Å². The normalized spacial score (nSPS) is 10.7. The number of rotatable bonds is 3. The van der Waals surface area contributed by atoms with Gasteiger partial charge in [-0.05, 0) is 23.8 Å². The van der Waals surface area contributed by atoms with Gasteiger partial charge in [-0.2, -0.15) is 0 Å². The summed E-state index contributed by atoms with van der Waals surface area (Å²) in [6.07, 6.45) is -1.18. The molecular weight excluding hydrogens is 362 g/mol. The van der Waals surface area contributed by atoms with Crippen LogP contribution in [0.25, 0.3) is 22.1 Å². The van der Waals surface area contributed by atoms with Crippen molar-refractivity contribution in [3.63, 3.8) is 0 Å². The van der Waals surface area contributed by atoms with Crippen molar-refractivity contribution in [3.8, 4) is 11.1 Å². The van der Waals surface area contributed by atoms with E-state index in [2.05, 4.69) is 21.2 Å². The molecule has 3 rings (SSSR count). The Morgan fingerprint density at radius 2 is 1.91 bits per heavy atom. The minimum absolute atomic E-state index is 0.0825. The summed E-state index contributed by atoms with van der Waals surface area (Å²) in [4.78, 5) is 23.7. The van der Waals surface area contributed by atoms with Crippen LogP contribution in [0.5, 0.6) is 0 Å². The summed E-state index contributed by atoms with van der Waals surface area (Å²) in [5.41, 5.74) is 1.27. The number of hydrogen-bond acceptors (Lipinski definition) is 3. The maximum Gasteiger partial charge on any atom is 0.405 e. The summed E-state index contributed by atoms with van der Waals surface area (Å²) >= 11 is 3.35. The topological polar surface area (TPSA) is 79.5 Å². The fraction of sp³-hybridized carbons (Fsp3) is 0.0588. The first-order valence-electron chi connectivity index (χ1n) is 6.83. The summed E-state index contributed by atoms with van der Waals surface area (Å²) in [5, 5.41) is 11.5. The van der Waals surface area contributed by atoms with Gasteiger partial charge in [-0.1, -0.05) is 46.3 Å². The van der Waals surface area contributed by atoms with Crippen LogP contribution in [0.4, 0.5) is 4.79 Å². The molecule has 0 saturated carbocycles. The van der Waals surface area contributed by atoms with Gasteiger partial charge in [0.2, 0.25) is 5.43 Å². The van der Waals surface area contributed by atoms with Gasteiger partial charge in [-0.25, -0.2) is 4.79 Å². The van der Waals surface area contributed by atoms with E-state index in [-0.39, 0.29) is 12.0 Å². The van der Waals surface area contributed by atoms with Crippen LogP contribution in [0.15, 0.2) is 62.2 Å². The second-order valence-corrected chi connectivity index (χ2v) is 5.81. The van der Waals surface area contributed by atoms with E-state index in [1.165, 1.54) is 0 Å². The number of halogens is 1. The van der Waals surface area contributed by atoms with E-state index in [1.54, 1.807) is 30.3 Å². The molecule has 23 heavy (non-hydrogen) atoms. The molecule has 5 nitrogen and oxygen atoms in total. The Kier molecular flexibility index (Phi) is 4.16. The Bertz CT molecular complexity index is 934. The van der Waals surface area contributed by atoms with Crippen molar-refractivity contribution in [1.29, 1.82) is 0 Å². The molecule has 116 valence electrons. The highest BCUT2D eigenvalue weighted by molar-refractivity contribution is 9.10. The molecule has 2 N–H and O–H groups in total. The smallest absolute Gasteiger partial charge is 0.405 e. The highest BCUT2D eigenvalue weighted by Crippen LogP contribution is 2.26. The lowest BCUT2D eigenvalue weighted by Gasteiger charge is -2.10. The summed E-state index contributed by atoms with van der Waals surface area (Å²) < 4.78 is 6.56. The van der Waals surface area contributed by atoms with E-state index >= 15 is 0 Å². The summed E-state index contributed by atoms with van der Waals surface area (Å²) in [7, 11) is 0. The molecule has 0 saturated heterocycles. The van der Waals surface area contributed by atoms with Crippen LogP contribution < -0.4 is 10.7 Å². The zero-order valence-corrected chi connectivity index (χ0v) is 13.5. The third-order valence-corrected chi connectivity index (χ3v) is 3.88. The number of fused-ring (bicyclic) bond motifs is 1. The van der Waals surface area contributed by atoms with E-state index < -0.39 is 6.09 Å². The summed E-state index contributed by atoms with van der Waals surface area (Å²) in [6.45, 7) is -0.0825. The van der Waals surface area contributed by atoms with Gasteiger partial charge in [0.05, 0.1) is 17.5 Å². The van der Waals surface area contributed by atoms with E-state index in [0.717, 1.165) is 4.47 Å². The van der Waals surface area contributed by atoms with Crippen molar-refractivity contribution in [2.45, 2.75) is 6.54 Å². The Balaban J connectivity index is 2.28. The fourth-order valence-electron chi connectivity index (χ4n) is 2.39. The molecule has 0 unspecified atom stereocenters. The molecule has 1 amide bonds. The number of nitrogens with one attached hydrogen (secondary N) is 1. The average Bonchev–Trinajstić information content (AvgIpc) is 2.54. The first kappa shape index (κ1) is 15.3. The van der Waals surface area contributed by atoms with Gasteiger partial charge in [-0.3, -0.25) is 4.79 Å². The monoisotopic (exact) mass is 373 g/mol. The van der Waals surface area contributed by atoms with Crippen LogP contribution in [0.2, 0.25) is 0 Å². The van der Waals surface area contributed by atoms with Gasteiger partial charge < -0.3 is 14.8 Å². The molecular formula is C17H12BrNO4. The fourth-order valence-corrected chi connectivity index (χ4v) is 2.75. The van der Waals surface area contributed by atoms with Crippen molar-refractivity contribution in [3.05, 3.63) is 69.0 Å². The Morgan fingerprint density at radius 3 is 2.61 bits per heavy atom. The zero-order valence-electron chi connectivity index (χ0n) is 11.9. The lowest BCUT2D eigenvalue weighted by atomic mass is 10.0. The van der Waals surface area contributed by atoms with Crippen molar-refractivity contribution >= 4 is 33.0 Å². The molecule has 0 atom stereocenters. The van der Waals surface area contributed by atoms with Crippen molar-refractivity contribution in [2.75, 3.05) is 0 Å². The van der Waals surface area contributed by atoms with Crippen molar-refractivity contribution < 1.29 is 14.3 Å². The van der Waals surface area contributed by atoms with Crippen LogP contribution in [-0.2, 0) is 6.54 Å².